The first-order valence-electron chi connectivity index (χ1n) is 11.0. The Morgan fingerprint density at radius 1 is 1.12 bits per heavy atom. The maximum absolute atomic E-state index is 13.6. The highest BCUT2D eigenvalue weighted by Crippen LogP contribution is 2.46. The van der Waals surface area contributed by atoms with Crippen LogP contribution in [0, 0.1) is 17.3 Å². The van der Waals surface area contributed by atoms with Gasteiger partial charge in [-0.3, -0.25) is 19.3 Å². The number of carbonyl (C=O) groups excluding carboxylic acids is 3. The first-order chi connectivity index (χ1) is 14.6. The summed E-state index contributed by atoms with van der Waals surface area (Å²) >= 11 is 6.22. The number of halogens is 1. The molecule has 1 heterocycles. The summed E-state index contributed by atoms with van der Waals surface area (Å²) in [7, 11) is -1.11. The highest BCUT2D eigenvalue weighted by atomic mass is 35.5. The molecule has 3 amide bonds. The van der Waals surface area contributed by atoms with E-state index in [0.717, 1.165) is 0 Å². The molecule has 1 fully saturated rings. The van der Waals surface area contributed by atoms with Crippen LogP contribution in [0.3, 0.4) is 0 Å². The Kier molecular flexibility index (Phi) is 8.01. The van der Waals surface area contributed by atoms with Crippen LogP contribution in [-0.2, 0) is 14.0 Å². The third kappa shape index (κ3) is 4.95. The number of carbonyl (C=O) groups is 3. The molecule has 0 saturated carbocycles. The summed E-state index contributed by atoms with van der Waals surface area (Å²) in [5, 5.41) is 3.21. The van der Waals surface area contributed by atoms with E-state index in [4.69, 9.17) is 16.0 Å². The van der Waals surface area contributed by atoms with E-state index in [9.17, 15) is 14.4 Å². The Labute approximate surface area is 198 Å². The molecular weight excluding hydrogens is 444 g/mol. The summed E-state index contributed by atoms with van der Waals surface area (Å²) in [6.07, 6.45) is 0. The molecule has 0 bridgehead atoms. The lowest BCUT2D eigenvalue weighted by Gasteiger charge is -2.55. The van der Waals surface area contributed by atoms with Crippen LogP contribution in [0.4, 0.5) is 0 Å². The standard InChI is InChI=1S/C24H36ClN2O4Si/c1-14(2)27(22(30)16-12-10-11-13-17(16)25)21(29)15(3)19-18(20(28)26-19)24(7,23(4,5)6)31-32(8)9/h10-15,18-19H,1-9H3,(H,26,28)/t15-,18-,19-,24-/m1/s1. The van der Waals surface area contributed by atoms with Gasteiger partial charge in [-0.1, -0.05) is 51.4 Å². The van der Waals surface area contributed by atoms with Crippen LogP contribution in [0.25, 0.3) is 0 Å². The molecule has 1 aliphatic heterocycles. The quantitative estimate of drug-likeness (QED) is 0.460. The molecule has 8 heteroatoms. The van der Waals surface area contributed by atoms with Crippen LogP contribution in [-0.4, -0.2) is 49.3 Å². The minimum atomic E-state index is -1.11. The zero-order chi connectivity index (χ0) is 24.6. The SMILES string of the molecule is CC(C)N(C(=O)c1ccccc1Cl)C(=O)[C@H](C)[C@H]1NC(=O)[C@@H]1[C@@](C)(O[Si](C)C)C(C)(C)C. The number of hydrogen-bond donors (Lipinski definition) is 1. The van der Waals surface area contributed by atoms with Gasteiger partial charge in [0.1, 0.15) is 0 Å². The second-order valence-corrected chi connectivity index (χ2v) is 12.7. The van der Waals surface area contributed by atoms with Gasteiger partial charge in [-0.25, -0.2) is 0 Å². The van der Waals surface area contributed by atoms with E-state index in [0.29, 0.717) is 5.02 Å². The van der Waals surface area contributed by atoms with Crippen molar-refractivity contribution in [2.24, 2.45) is 17.3 Å². The fraction of sp³-hybridized carbons (Fsp3) is 0.625. The Morgan fingerprint density at radius 3 is 2.12 bits per heavy atom. The second-order valence-electron chi connectivity index (χ2n) is 10.3. The smallest absolute Gasteiger partial charge is 0.262 e. The van der Waals surface area contributed by atoms with Crippen LogP contribution in [0.1, 0.15) is 58.8 Å². The maximum Gasteiger partial charge on any atom is 0.262 e. The van der Waals surface area contributed by atoms with Crippen LogP contribution in [0.2, 0.25) is 18.1 Å². The summed E-state index contributed by atoms with van der Waals surface area (Å²) in [4.78, 5) is 40.8. The van der Waals surface area contributed by atoms with E-state index < -0.39 is 38.4 Å². The van der Waals surface area contributed by atoms with Crippen LogP contribution in [0.15, 0.2) is 24.3 Å². The molecule has 0 aromatic heterocycles. The molecule has 1 aromatic carbocycles. The number of benzene rings is 1. The van der Waals surface area contributed by atoms with Gasteiger partial charge in [0.15, 0.2) is 0 Å². The largest absolute Gasteiger partial charge is 0.411 e. The lowest BCUT2D eigenvalue weighted by molar-refractivity contribution is -0.165. The molecule has 6 nitrogen and oxygen atoms in total. The number of hydrogen-bond acceptors (Lipinski definition) is 4. The van der Waals surface area contributed by atoms with Gasteiger partial charge in [0.2, 0.25) is 20.9 Å². The summed E-state index contributed by atoms with van der Waals surface area (Å²) in [6.45, 7) is 17.5. The molecule has 1 N–H and O–H groups in total. The molecule has 1 radical (unpaired) electrons. The minimum absolute atomic E-state index is 0.121. The van der Waals surface area contributed by atoms with E-state index in [1.165, 1.54) is 4.90 Å². The zero-order valence-corrected chi connectivity index (χ0v) is 22.3. The van der Waals surface area contributed by atoms with E-state index in [-0.39, 0.29) is 28.8 Å². The van der Waals surface area contributed by atoms with Crippen LogP contribution < -0.4 is 5.32 Å². The van der Waals surface area contributed by atoms with Crippen molar-refractivity contribution in [1.29, 1.82) is 0 Å². The molecular formula is C24H36ClN2O4Si. The molecule has 32 heavy (non-hydrogen) atoms. The van der Waals surface area contributed by atoms with Gasteiger partial charge in [-0.2, -0.15) is 0 Å². The van der Waals surface area contributed by atoms with Crippen LogP contribution >= 0.6 is 11.6 Å². The van der Waals surface area contributed by atoms with Crippen molar-refractivity contribution >= 4 is 38.4 Å². The number of nitrogens with one attached hydrogen (secondary N) is 1. The first kappa shape index (κ1) is 26.5. The molecule has 0 aliphatic carbocycles. The van der Waals surface area contributed by atoms with E-state index >= 15 is 0 Å². The molecule has 0 spiro atoms. The molecule has 177 valence electrons. The average molecular weight is 480 g/mol. The summed E-state index contributed by atoms with van der Waals surface area (Å²) in [5.74, 6) is -2.00. The lowest BCUT2D eigenvalue weighted by atomic mass is 9.62. The Hall–Kier alpha value is -1.70. The second kappa shape index (κ2) is 9.65. The van der Waals surface area contributed by atoms with Gasteiger partial charge in [-0.15, -0.1) is 0 Å². The first-order valence-corrected chi connectivity index (χ1v) is 13.8. The van der Waals surface area contributed by atoms with E-state index in [1.807, 2.05) is 40.8 Å². The van der Waals surface area contributed by atoms with Gasteiger partial charge in [0, 0.05) is 6.04 Å². The molecule has 0 unspecified atom stereocenters. The van der Waals surface area contributed by atoms with Gasteiger partial charge in [0.05, 0.1) is 34.1 Å². The van der Waals surface area contributed by atoms with Crippen molar-refractivity contribution < 1.29 is 18.8 Å². The molecule has 1 aromatic rings. The number of nitrogens with zero attached hydrogens (tertiary/aromatic N) is 1. The zero-order valence-electron chi connectivity index (χ0n) is 20.6. The number of imide groups is 1. The highest BCUT2D eigenvalue weighted by Gasteiger charge is 2.59. The fourth-order valence-corrected chi connectivity index (χ4v) is 5.74. The predicted octanol–water partition coefficient (Wildman–Crippen LogP) is 4.54. The van der Waals surface area contributed by atoms with Gasteiger partial charge in [0.25, 0.3) is 5.91 Å². The van der Waals surface area contributed by atoms with Crippen molar-refractivity contribution in [1.82, 2.24) is 10.2 Å². The average Bonchev–Trinajstić information content (AvgIpc) is 2.63. The number of amides is 3. The third-order valence-electron chi connectivity index (χ3n) is 6.45. The van der Waals surface area contributed by atoms with Crippen molar-refractivity contribution in [2.75, 3.05) is 0 Å². The molecule has 1 aliphatic rings. The maximum atomic E-state index is 13.6. The van der Waals surface area contributed by atoms with Crippen molar-refractivity contribution in [3.05, 3.63) is 34.9 Å². The molecule has 1 saturated heterocycles. The summed E-state index contributed by atoms with van der Waals surface area (Å²) in [5.41, 5.74) is -0.796. The predicted molar refractivity (Wildman–Crippen MR) is 129 cm³/mol. The van der Waals surface area contributed by atoms with E-state index in [2.05, 4.69) is 5.32 Å². The van der Waals surface area contributed by atoms with Crippen molar-refractivity contribution in [3.8, 4) is 0 Å². The number of β-lactam (4-membered cyclic amide) rings is 1. The Balaban J connectivity index is 2.38. The monoisotopic (exact) mass is 479 g/mol. The third-order valence-corrected chi connectivity index (χ3v) is 7.62. The molecule has 2 rings (SSSR count). The van der Waals surface area contributed by atoms with Crippen molar-refractivity contribution in [3.63, 3.8) is 0 Å². The number of rotatable bonds is 7. The van der Waals surface area contributed by atoms with Gasteiger partial charge in [-0.05, 0) is 51.4 Å². The van der Waals surface area contributed by atoms with Gasteiger partial charge >= 0.3 is 0 Å². The van der Waals surface area contributed by atoms with Crippen molar-refractivity contribution in [2.45, 2.75) is 79.2 Å². The lowest BCUT2D eigenvalue weighted by Crippen LogP contribution is -2.73. The summed E-state index contributed by atoms with van der Waals surface area (Å²) in [6, 6.07) is 5.90. The molecule has 4 atom stereocenters. The van der Waals surface area contributed by atoms with Crippen LogP contribution in [0.5, 0.6) is 0 Å². The summed E-state index contributed by atoms with van der Waals surface area (Å²) < 4.78 is 6.41. The van der Waals surface area contributed by atoms with E-state index in [1.54, 1.807) is 45.0 Å². The fourth-order valence-electron chi connectivity index (χ4n) is 4.24. The Morgan fingerprint density at radius 2 is 1.69 bits per heavy atom. The highest BCUT2D eigenvalue weighted by molar-refractivity contribution is 6.48. The minimum Gasteiger partial charge on any atom is -0.411 e. The normalized spacial score (nSPS) is 21.6. The van der Waals surface area contributed by atoms with Gasteiger partial charge < -0.3 is 9.74 Å². The topological polar surface area (TPSA) is 75.7 Å². The Bertz CT molecular complexity index is 883.